The molecule has 0 amide bonds. The van der Waals surface area contributed by atoms with Crippen molar-refractivity contribution in [3.8, 4) is 11.3 Å². The van der Waals surface area contributed by atoms with Gasteiger partial charge in [0.15, 0.2) is 5.82 Å². The predicted octanol–water partition coefficient (Wildman–Crippen LogP) is 10.5. The number of nitrogens with zero attached hydrogens (tertiary/aromatic N) is 2. The molecule has 0 bridgehead atoms. The van der Waals surface area contributed by atoms with Crippen LogP contribution in [-0.4, -0.2) is 9.97 Å². The molecule has 3 atom stereocenters. The summed E-state index contributed by atoms with van der Waals surface area (Å²) in [4.78, 5) is 12.2. The Kier molecular flexibility index (Phi) is 7.82. The van der Waals surface area contributed by atoms with E-state index < -0.39 is 0 Å². The minimum absolute atomic E-state index is 0.250. The van der Waals surface area contributed by atoms with Crippen LogP contribution < -0.4 is 5.32 Å². The van der Waals surface area contributed by atoms with Gasteiger partial charge in [0.25, 0.3) is 0 Å². The lowest BCUT2D eigenvalue weighted by atomic mass is 9.84. The molecule has 5 aliphatic rings. The van der Waals surface area contributed by atoms with E-state index in [0.717, 1.165) is 66.9 Å². The van der Waals surface area contributed by atoms with Crippen LogP contribution in [0.25, 0.3) is 22.4 Å². The molecule has 4 aliphatic carbocycles. The maximum absolute atomic E-state index is 5.36. The third-order valence-electron chi connectivity index (χ3n) is 9.36. The molecule has 0 saturated carbocycles. The molecular weight excluding hydrogens is 567 g/mol. The number of hydrogen-bond donors (Lipinski definition) is 1. The SMILES string of the molecule is C1=CCCC(c2nc(C3=CCC(c4ccc(C5NC6=C(CCC=C6)S5)cc4)C=C3)nc(-c3ccccc3)c2C2C=CC=CC2)=C1. The van der Waals surface area contributed by atoms with Gasteiger partial charge in [-0.05, 0) is 61.3 Å². The summed E-state index contributed by atoms with van der Waals surface area (Å²) in [6, 6.07) is 19.9. The number of rotatable bonds is 6. The number of hydrogen-bond acceptors (Lipinski definition) is 4. The quantitative estimate of drug-likeness (QED) is 0.304. The van der Waals surface area contributed by atoms with Crippen molar-refractivity contribution < 1.29 is 0 Å². The first-order valence-corrected chi connectivity index (χ1v) is 17.2. The molecule has 1 aliphatic heterocycles. The summed E-state index contributed by atoms with van der Waals surface area (Å²) in [6.45, 7) is 0. The van der Waals surface area contributed by atoms with E-state index in [0.29, 0.717) is 11.3 Å². The zero-order valence-electron chi connectivity index (χ0n) is 25.4. The Balaban J connectivity index is 1.09. The topological polar surface area (TPSA) is 37.8 Å². The van der Waals surface area contributed by atoms with Crippen LogP contribution in [0, 0.1) is 0 Å². The average molecular weight is 604 g/mol. The van der Waals surface area contributed by atoms with Crippen molar-refractivity contribution in [3.63, 3.8) is 0 Å². The molecule has 0 saturated heterocycles. The highest BCUT2D eigenvalue weighted by atomic mass is 32.2. The van der Waals surface area contributed by atoms with E-state index in [4.69, 9.17) is 9.97 Å². The molecule has 3 unspecified atom stereocenters. The first kappa shape index (κ1) is 28.1. The van der Waals surface area contributed by atoms with Crippen LogP contribution in [0.2, 0.25) is 0 Å². The standard InChI is InChI=1S/C41H37N3S/c1-4-12-30(13-5-1)37-38(31-14-6-2-7-15-31)43-40(44-39(37)32-16-8-3-9-17-32)33-24-20-28(21-25-33)29-22-26-34(27-23-29)41-42-35-18-10-11-19-36(35)45-41/h1-8,10,12,14-16,18,20,22-28,30,41-42H,9,11,13,17,19,21H2. The largest absolute Gasteiger partial charge is 0.369 e. The maximum Gasteiger partial charge on any atom is 0.160 e. The average Bonchev–Trinajstić information content (AvgIpc) is 3.57. The molecule has 0 fully saturated rings. The van der Waals surface area contributed by atoms with E-state index >= 15 is 0 Å². The molecule has 2 aromatic carbocycles. The molecule has 45 heavy (non-hydrogen) atoms. The molecular formula is C41H37N3S. The number of aromatic nitrogens is 2. The second-order valence-electron chi connectivity index (χ2n) is 12.3. The highest BCUT2D eigenvalue weighted by Gasteiger charge is 2.27. The fourth-order valence-electron chi connectivity index (χ4n) is 6.92. The molecule has 0 spiro atoms. The molecule has 1 aromatic heterocycles. The second-order valence-corrected chi connectivity index (χ2v) is 13.5. The van der Waals surface area contributed by atoms with Gasteiger partial charge in [0, 0.05) is 39.1 Å². The molecule has 4 heteroatoms. The van der Waals surface area contributed by atoms with Crippen LogP contribution in [0.15, 0.2) is 138 Å². The lowest BCUT2D eigenvalue weighted by molar-refractivity contribution is 0.811. The van der Waals surface area contributed by atoms with E-state index in [1.807, 2.05) is 11.8 Å². The molecule has 1 N–H and O–H groups in total. The van der Waals surface area contributed by atoms with E-state index in [1.54, 1.807) is 0 Å². The van der Waals surface area contributed by atoms with E-state index in [-0.39, 0.29) is 5.92 Å². The molecule has 222 valence electrons. The highest BCUT2D eigenvalue weighted by Crippen LogP contribution is 2.45. The minimum atomic E-state index is 0.250. The zero-order valence-corrected chi connectivity index (χ0v) is 26.2. The Morgan fingerprint density at radius 3 is 2.31 bits per heavy atom. The summed E-state index contributed by atoms with van der Waals surface area (Å²) in [5.74, 6) is 1.41. The van der Waals surface area contributed by atoms with Crippen molar-refractivity contribution in [2.24, 2.45) is 0 Å². The van der Waals surface area contributed by atoms with Crippen LogP contribution in [0.3, 0.4) is 0 Å². The summed E-state index contributed by atoms with van der Waals surface area (Å²) in [5, 5.41) is 4.01. The van der Waals surface area contributed by atoms with Crippen molar-refractivity contribution >= 4 is 22.9 Å². The lowest BCUT2D eigenvalue weighted by Gasteiger charge is -2.24. The van der Waals surface area contributed by atoms with E-state index in [9.17, 15) is 0 Å². The Hall–Kier alpha value is -4.41. The van der Waals surface area contributed by atoms with Gasteiger partial charge < -0.3 is 5.32 Å². The highest BCUT2D eigenvalue weighted by molar-refractivity contribution is 8.03. The van der Waals surface area contributed by atoms with Gasteiger partial charge in [-0.25, -0.2) is 9.97 Å². The van der Waals surface area contributed by atoms with Gasteiger partial charge in [0.2, 0.25) is 0 Å². The van der Waals surface area contributed by atoms with Crippen LogP contribution in [0.4, 0.5) is 0 Å². The van der Waals surface area contributed by atoms with Crippen LogP contribution >= 0.6 is 11.8 Å². The Morgan fingerprint density at radius 1 is 0.711 bits per heavy atom. The van der Waals surface area contributed by atoms with Gasteiger partial charge in [-0.2, -0.15) is 0 Å². The molecule has 0 radical (unpaired) electrons. The first-order valence-electron chi connectivity index (χ1n) is 16.3. The summed E-state index contributed by atoms with van der Waals surface area (Å²) >= 11 is 1.97. The molecule has 2 heterocycles. The number of nitrogens with one attached hydrogen (secondary N) is 1. The molecule has 3 nitrogen and oxygen atoms in total. The number of thioether (sulfide) groups is 1. The fraction of sp³-hybridized carbons (Fsp3) is 0.220. The Morgan fingerprint density at radius 2 is 1.56 bits per heavy atom. The van der Waals surface area contributed by atoms with Gasteiger partial charge in [0.1, 0.15) is 5.37 Å². The lowest BCUT2D eigenvalue weighted by Crippen LogP contribution is -2.12. The minimum Gasteiger partial charge on any atom is -0.369 e. The fourth-order valence-corrected chi connectivity index (χ4v) is 8.17. The number of allylic oxidation sites excluding steroid dienone is 15. The molecule has 8 rings (SSSR count). The Labute approximate surface area is 270 Å². The summed E-state index contributed by atoms with van der Waals surface area (Å²) in [5.41, 5.74) is 11.0. The summed E-state index contributed by atoms with van der Waals surface area (Å²) in [6.07, 6.45) is 33.2. The normalized spacial score (nSPS) is 23.5. The third-order valence-corrected chi connectivity index (χ3v) is 10.7. The van der Waals surface area contributed by atoms with Crippen LogP contribution in [0.1, 0.15) is 83.9 Å². The van der Waals surface area contributed by atoms with Gasteiger partial charge in [0.05, 0.1) is 11.4 Å². The Bertz CT molecular complexity index is 1850. The van der Waals surface area contributed by atoms with Gasteiger partial charge in [-0.1, -0.05) is 133 Å². The maximum atomic E-state index is 5.36. The second kappa shape index (κ2) is 12.5. The number of benzene rings is 2. The van der Waals surface area contributed by atoms with Crippen LogP contribution in [0.5, 0.6) is 0 Å². The van der Waals surface area contributed by atoms with Crippen LogP contribution in [-0.2, 0) is 0 Å². The van der Waals surface area contributed by atoms with Crippen molar-refractivity contribution in [2.75, 3.05) is 0 Å². The van der Waals surface area contributed by atoms with Gasteiger partial charge >= 0.3 is 0 Å². The van der Waals surface area contributed by atoms with Crippen molar-refractivity contribution in [2.45, 2.75) is 55.7 Å². The summed E-state index contributed by atoms with van der Waals surface area (Å²) in [7, 11) is 0. The van der Waals surface area contributed by atoms with Gasteiger partial charge in [-0.15, -0.1) is 0 Å². The molecule has 3 aromatic rings. The smallest absolute Gasteiger partial charge is 0.160 e. The van der Waals surface area contributed by atoms with E-state index in [1.165, 1.54) is 32.9 Å². The van der Waals surface area contributed by atoms with Crippen molar-refractivity contribution in [1.29, 1.82) is 0 Å². The predicted molar refractivity (Wildman–Crippen MR) is 189 cm³/mol. The van der Waals surface area contributed by atoms with Crippen molar-refractivity contribution in [1.82, 2.24) is 15.3 Å². The summed E-state index contributed by atoms with van der Waals surface area (Å²) < 4.78 is 0. The van der Waals surface area contributed by atoms with Crippen molar-refractivity contribution in [3.05, 3.63) is 166 Å². The third kappa shape index (κ3) is 5.76. The van der Waals surface area contributed by atoms with Gasteiger partial charge in [-0.3, -0.25) is 0 Å². The monoisotopic (exact) mass is 603 g/mol. The first-order chi connectivity index (χ1) is 22.3. The van der Waals surface area contributed by atoms with E-state index in [2.05, 4.69) is 133 Å². The zero-order chi connectivity index (χ0) is 30.0.